The Balaban J connectivity index is 2.39. The van der Waals surface area contributed by atoms with E-state index in [2.05, 4.69) is 15.9 Å². The van der Waals surface area contributed by atoms with E-state index < -0.39 is 18.1 Å². The molecule has 1 fully saturated rings. The van der Waals surface area contributed by atoms with Crippen molar-refractivity contribution < 1.29 is 19.4 Å². The van der Waals surface area contributed by atoms with Gasteiger partial charge in [0.25, 0.3) is 0 Å². The van der Waals surface area contributed by atoms with E-state index in [0.29, 0.717) is 6.54 Å². The normalized spacial score (nSPS) is 24.3. The van der Waals surface area contributed by atoms with E-state index in [1.54, 1.807) is 4.90 Å². The minimum absolute atomic E-state index is 0.173. The summed E-state index contributed by atoms with van der Waals surface area (Å²) in [5, 5.41) is 11.1. The maximum atomic E-state index is 11.8. The predicted octanol–water partition coefficient (Wildman–Crippen LogP) is 1.88. The smallest absolute Gasteiger partial charge is 0.335 e. The molecule has 1 amide bonds. The Morgan fingerprint density at radius 2 is 2.44 bits per heavy atom. The zero-order valence-corrected chi connectivity index (χ0v) is 12.0. The van der Waals surface area contributed by atoms with Crippen LogP contribution >= 0.6 is 27.3 Å². The number of likely N-dealkylation sites (N-methyl/N-ethyl adjacent to an activating group) is 1. The van der Waals surface area contributed by atoms with Crippen LogP contribution in [0.5, 0.6) is 0 Å². The molecule has 1 aromatic rings. The maximum Gasteiger partial charge on any atom is 0.335 e. The fourth-order valence-electron chi connectivity index (χ4n) is 2.02. The first kappa shape index (κ1) is 13.5. The Kier molecular flexibility index (Phi) is 4.04. The number of halogens is 1. The second-order valence-corrected chi connectivity index (χ2v) is 5.72. The van der Waals surface area contributed by atoms with Gasteiger partial charge >= 0.3 is 5.97 Å². The fourth-order valence-corrected chi connectivity index (χ4v) is 3.60. The first-order valence-electron chi connectivity index (χ1n) is 5.42. The van der Waals surface area contributed by atoms with Crippen molar-refractivity contribution in [2.45, 2.75) is 19.1 Å². The molecule has 7 heteroatoms. The number of carbonyl (C=O) groups excluding carboxylic acids is 1. The summed E-state index contributed by atoms with van der Waals surface area (Å²) in [4.78, 5) is 25.4. The van der Waals surface area contributed by atoms with Gasteiger partial charge < -0.3 is 14.7 Å². The molecule has 2 rings (SSSR count). The van der Waals surface area contributed by atoms with Gasteiger partial charge in [-0.15, -0.1) is 11.3 Å². The number of hydrogen-bond donors (Lipinski definition) is 1. The van der Waals surface area contributed by atoms with Crippen molar-refractivity contribution in [2.75, 3.05) is 13.2 Å². The molecule has 5 nitrogen and oxygen atoms in total. The molecule has 18 heavy (non-hydrogen) atoms. The number of carboxylic acid groups (broad SMARTS) is 1. The van der Waals surface area contributed by atoms with Crippen LogP contribution < -0.4 is 0 Å². The molecule has 0 aliphatic carbocycles. The number of morpholine rings is 1. The lowest BCUT2D eigenvalue weighted by Gasteiger charge is -2.38. The molecule has 2 atom stereocenters. The first-order chi connectivity index (χ1) is 8.54. The van der Waals surface area contributed by atoms with Crippen LogP contribution in [0.25, 0.3) is 0 Å². The van der Waals surface area contributed by atoms with Gasteiger partial charge in [0, 0.05) is 21.3 Å². The molecule has 0 radical (unpaired) electrons. The van der Waals surface area contributed by atoms with Gasteiger partial charge in [0.05, 0.1) is 0 Å². The summed E-state index contributed by atoms with van der Waals surface area (Å²) < 4.78 is 6.04. The predicted molar refractivity (Wildman–Crippen MR) is 69.5 cm³/mol. The summed E-state index contributed by atoms with van der Waals surface area (Å²) >= 11 is 4.75. The van der Waals surface area contributed by atoms with Gasteiger partial charge in [-0.1, -0.05) is 0 Å². The molecule has 0 spiro atoms. The maximum absolute atomic E-state index is 11.8. The molecule has 1 N–H and O–H groups in total. The lowest BCUT2D eigenvalue weighted by Crippen LogP contribution is -2.51. The van der Waals surface area contributed by atoms with Crippen molar-refractivity contribution in [3.05, 3.63) is 20.8 Å². The van der Waals surface area contributed by atoms with Gasteiger partial charge in [0.1, 0.15) is 12.6 Å². The Morgan fingerprint density at radius 1 is 1.72 bits per heavy atom. The summed E-state index contributed by atoms with van der Waals surface area (Å²) in [6.07, 6.45) is -1.01. The number of nitrogens with zero attached hydrogens (tertiary/aromatic N) is 1. The van der Waals surface area contributed by atoms with Crippen LogP contribution in [0.3, 0.4) is 0 Å². The van der Waals surface area contributed by atoms with E-state index in [4.69, 9.17) is 4.74 Å². The van der Waals surface area contributed by atoms with Crippen LogP contribution in [0.1, 0.15) is 17.8 Å². The molecule has 1 aliphatic rings. The van der Waals surface area contributed by atoms with Gasteiger partial charge in [0.2, 0.25) is 5.91 Å². The van der Waals surface area contributed by atoms with Crippen LogP contribution in [0.2, 0.25) is 0 Å². The average molecular weight is 334 g/mol. The summed E-state index contributed by atoms with van der Waals surface area (Å²) in [5.74, 6) is -1.22. The van der Waals surface area contributed by atoms with Crippen molar-refractivity contribution in [1.82, 2.24) is 4.90 Å². The van der Waals surface area contributed by atoms with Crippen LogP contribution in [-0.2, 0) is 14.3 Å². The molecular formula is C11H12BrNO4S. The molecule has 0 aromatic carbocycles. The van der Waals surface area contributed by atoms with Crippen molar-refractivity contribution in [3.63, 3.8) is 0 Å². The topological polar surface area (TPSA) is 66.8 Å². The largest absolute Gasteiger partial charge is 0.479 e. The number of amides is 1. The number of ether oxygens (including phenoxy) is 1. The van der Waals surface area contributed by atoms with Crippen molar-refractivity contribution in [1.29, 1.82) is 0 Å². The van der Waals surface area contributed by atoms with Gasteiger partial charge in [-0.3, -0.25) is 4.79 Å². The summed E-state index contributed by atoms with van der Waals surface area (Å²) in [5.41, 5.74) is 0. The van der Waals surface area contributed by atoms with Crippen molar-refractivity contribution >= 4 is 39.1 Å². The zero-order chi connectivity index (χ0) is 13.3. The molecule has 2 unspecified atom stereocenters. The van der Waals surface area contributed by atoms with Crippen molar-refractivity contribution in [3.8, 4) is 0 Å². The highest BCUT2D eigenvalue weighted by atomic mass is 79.9. The van der Waals surface area contributed by atoms with E-state index in [1.807, 2.05) is 18.4 Å². The van der Waals surface area contributed by atoms with Crippen LogP contribution in [0.4, 0.5) is 0 Å². The number of rotatable bonds is 3. The minimum Gasteiger partial charge on any atom is -0.479 e. The zero-order valence-electron chi connectivity index (χ0n) is 9.63. The summed E-state index contributed by atoms with van der Waals surface area (Å²) in [6.45, 7) is 2.12. The van der Waals surface area contributed by atoms with Crippen LogP contribution in [0, 0.1) is 0 Å². The Morgan fingerprint density at radius 3 is 2.94 bits per heavy atom. The summed E-state index contributed by atoms with van der Waals surface area (Å²) in [7, 11) is 0. The van der Waals surface area contributed by atoms with Gasteiger partial charge in [0.15, 0.2) is 6.10 Å². The molecule has 1 aliphatic heterocycles. The van der Waals surface area contributed by atoms with Crippen LogP contribution in [0.15, 0.2) is 15.9 Å². The van der Waals surface area contributed by atoms with E-state index in [0.717, 1.165) is 9.35 Å². The molecule has 1 saturated heterocycles. The summed E-state index contributed by atoms with van der Waals surface area (Å²) in [6, 6.07) is 1.28. The van der Waals surface area contributed by atoms with Crippen molar-refractivity contribution in [2.24, 2.45) is 0 Å². The number of thiophene rings is 1. The second-order valence-electron chi connectivity index (χ2n) is 3.86. The third-order valence-corrected chi connectivity index (χ3v) is 4.56. The highest BCUT2D eigenvalue weighted by Crippen LogP contribution is 2.35. The third kappa shape index (κ3) is 2.43. The van der Waals surface area contributed by atoms with Gasteiger partial charge in [-0.25, -0.2) is 4.79 Å². The van der Waals surface area contributed by atoms with E-state index in [-0.39, 0.29) is 12.5 Å². The number of aliphatic carboxylic acids is 1. The average Bonchev–Trinajstić information content (AvgIpc) is 2.74. The second kappa shape index (κ2) is 5.38. The number of carboxylic acids is 1. The highest BCUT2D eigenvalue weighted by molar-refractivity contribution is 9.10. The SMILES string of the molecule is CCN1C(=O)COC(C(=O)O)C1c1cc(Br)cs1. The molecule has 0 bridgehead atoms. The molecule has 1 aromatic heterocycles. The Bertz CT molecular complexity index is 473. The quantitative estimate of drug-likeness (QED) is 0.917. The lowest BCUT2D eigenvalue weighted by molar-refractivity contribution is -0.172. The Hall–Kier alpha value is -0.920. The lowest BCUT2D eigenvalue weighted by atomic mass is 10.1. The number of carbonyl (C=O) groups is 2. The number of hydrogen-bond acceptors (Lipinski definition) is 4. The van der Waals surface area contributed by atoms with Gasteiger partial charge in [-0.05, 0) is 28.9 Å². The van der Waals surface area contributed by atoms with E-state index in [9.17, 15) is 14.7 Å². The molecular weight excluding hydrogens is 322 g/mol. The Labute approximate surface area is 116 Å². The molecule has 0 saturated carbocycles. The minimum atomic E-state index is -1.05. The van der Waals surface area contributed by atoms with E-state index >= 15 is 0 Å². The standard InChI is InChI=1S/C11H12BrNO4S/c1-2-13-8(14)4-17-10(11(15)16)9(13)7-3-6(12)5-18-7/h3,5,9-10H,2,4H2,1H3,(H,15,16). The molecule has 98 valence electrons. The first-order valence-corrected chi connectivity index (χ1v) is 7.09. The molecule has 2 heterocycles. The van der Waals surface area contributed by atoms with Crippen LogP contribution in [-0.4, -0.2) is 41.1 Å². The van der Waals surface area contributed by atoms with E-state index in [1.165, 1.54) is 11.3 Å². The fraction of sp³-hybridized carbons (Fsp3) is 0.455. The third-order valence-electron chi connectivity index (χ3n) is 2.79. The monoisotopic (exact) mass is 333 g/mol. The van der Waals surface area contributed by atoms with Gasteiger partial charge in [-0.2, -0.15) is 0 Å². The highest BCUT2D eigenvalue weighted by Gasteiger charge is 2.41.